The molecule has 0 bridgehead atoms. The Morgan fingerprint density at radius 2 is 2.18 bits per heavy atom. The second-order valence-corrected chi connectivity index (χ2v) is 4.98. The highest BCUT2D eigenvalue weighted by atomic mass is 16.5. The predicted octanol–water partition coefficient (Wildman–Crippen LogP) is 3.12. The van der Waals surface area contributed by atoms with Crippen molar-refractivity contribution in [2.24, 2.45) is 5.73 Å². The third-order valence-electron chi connectivity index (χ3n) is 3.76. The van der Waals surface area contributed by atoms with Crippen LogP contribution in [0.15, 0.2) is 30.4 Å². The molecule has 2 aliphatic carbocycles. The molecule has 0 saturated heterocycles. The minimum Gasteiger partial charge on any atom is -0.486 e. The van der Waals surface area contributed by atoms with Gasteiger partial charge in [0.2, 0.25) is 0 Å². The molecule has 1 aromatic rings. The van der Waals surface area contributed by atoms with Gasteiger partial charge in [-0.1, -0.05) is 18.2 Å². The van der Waals surface area contributed by atoms with Gasteiger partial charge in [-0.2, -0.15) is 0 Å². The Morgan fingerprint density at radius 3 is 3.00 bits per heavy atom. The van der Waals surface area contributed by atoms with E-state index in [1.165, 1.54) is 24.0 Å². The van der Waals surface area contributed by atoms with E-state index in [0.29, 0.717) is 0 Å². The Bertz CT molecular complexity index is 439. The molecule has 0 fully saturated rings. The zero-order valence-corrected chi connectivity index (χ0v) is 10.1. The predicted molar refractivity (Wildman–Crippen MR) is 69.1 cm³/mol. The van der Waals surface area contributed by atoms with Gasteiger partial charge in [-0.3, -0.25) is 0 Å². The first-order valence-corrected chi connectivity index (χ1v) is 6.55. The molecule has 0 spiro atoms. The van der Waals surface area contributed by atoms with Crippen molar-refractivity contribution >= 4 is 0 Å². The van der Waals surface area contributed by atoms with Gasteiger partial charge in [-0.15, -0.1) is 0 Å². The SMILES string of the molecule is NC1CCc2c(OC3C=CCCC3)cccc21. The summed E-state index contributed by atoms with van der Waals surface area (Å²) in [7, 11) is 0. The second-order valence-electron chi connectivity index (χ2n) is 4.98. The molecule has 17 heavy (non-hydrogen) atoms. The molecule has 90 valence electrons. The Balaban J connectivity index is 1.84. The molecule has 0 radical (unpaired) electrons. The van der Waals surface area contributed by atoms with Crippen molar-refractivity contribution < 1.29 is 4.74 Å². The highest BCUT2D eigenvalue weighted by molar-refractivity contribution is 5.45. The van der Waals surface area contributed by atoms with Crippen molar-refractivity contribution in [3.05, 3.63) is 41.5 Å². The molecule has 0 heterocycles. The Labute approximate surface area is 102 Å². The van der Waals surface area contributed by atoms with Crippen LogP contribution in [0.1, 0.15) is 42.9 Å². The van der Waals surface area contributed by atoms with Crippen LogP contribution in [0.25, 0.3) is 0 Å². The lowest BCUT2D eigenvalue weighted by molar-refractivity contribution is 0.228. The van der Waals surface area contributed by atoms with Crippen LogP contribution in [0.4, 0.5) is 0 Å². The van der Waals surface area contributed by atoms with Crippen LogP contribution < -0.4 is 10.5 Å². The van der Waals surface area contributed by atoms with E-state index >= 15 is 0 Å². The van der Waals surface area contributed by atoms with E-state index in [1.807, 2.05) is 0 Å². The highest BCUT2D eigenvalue weighted by Gasteiger charge is 2.23. The number of hydrogen-bond donors (Lipinski definition) is 1. The lowest BCUT2D eigenvalue weighted by Crippen LogP contribution is -2.16. The summed E-state index contributed by atoms with van der Waals surface area (Å²) in [5, 5.41) is 0. The number of hydrogen-bond acceptors (Lipinski definition) is 2. The van der Waals surface area contributed by atoms with Crippen LogP contribution in [0.5, 0.6) is 5.75 Å². The zero-order valence-electron chi connectivity index (χ0n) is 10.1. The normalized spacial score (nSPS) is 26.9. The van der Waals surface area contributed by atoms with Crippen molar-refractivity contribution in [1.29, 1.82) is 0 Å². The summed E-state index contributed by atoms with van der Waals surface area (Å²) in [6.07, 6.45) is 10.3. The summed E-state index contributed by atoms with van der Waals surface area (Å²) in [5.74, 6) is 1.05. The summed E-state index contributed by atoms with van der Waals surface area (Å²) in [6, 6.07) is 6.48. The topological polar surface area (TPSA) is 35.2 Å². The number of benzene rings is 1. The smallest absolute Gasteiger partial charge is 0.123 e. The maximum absolute atomic E-state index is 6.10. The maximum atomic E-state index is 6.10. The molecule has 2 nitrogen and oxygen atoms in total. The van der Waals surface area contributed by atoms with Crippen molar-refractivity contribution in [2.45, 2.75) is 44.2 Å². The van der Waals surface area contributed by atoms with Crippen LogP contribution in [0, 0.1) is 0 Å². The summed E-state index contributed by atoms with van der Waals surface area (Å²) < 4.78 is 6.10. The van der Waals surface area contributed by atoms with E-state index in [9.17, 15) is 0 Å². The fourth-order valence-corrected chi connectivity index (χ4v) is 2.81. The first kappa shape index (κ1) is 10.8. The highest BCUT2D eigenvalue weighted by Crippen LogP contribution is 2.36. The van der Waals surface area contributed by atoms with Gasteiger partial charge < -0.3 is 10.5 Å². The number of fused-ring (bicyclic) bond motifs is 1. The first-order chi connectivity index (χ1) is 8.34. The molecule has 2 N–H and O–H groups in total. The van der Waals surface area contributed by atoms with Crippen LogP contribution in [0.3, 0.4) is 0 Å². The van der Waals surface area contributed by atoms with E-state index in [-0.39, 0.29) is 12.1 Å². The van der Waals surface area contributed by atoms with Gasteiger partial charge >= 0.3 is 0 Å². The molecule has 0 amide bonds. The van der Waals surface area contributed by atoms with Crippen molar-refractivity contribution in [3.63, 3.8) is 0 Å². The second kappa shape index (κ2) is 4.53. The molecule has 2 unspecified atom stereocenters. The number of ether oxygens (including phenoxy) is 1. The van der Waals surface area contributed by atoms with Crippen molar-refractivity contribution in [3.8, 4) is 5.75 Å². The van der Waals surface area contributed by atoms with E-state index in [4.69, 9.17) is 10.5 Å². The van der Waals surface area contributed by atoms with E-state index < -0.39 is 0 Å². The molecule has 3 rings (SSSR count). The summed E-state index contributed by atoms with van der Waals surface area (Å²) in [6.45, 7) is 0. The zero-order chi connectivity index (χ0) is 11.7. The Morgan fingerprint density at radius 1 is 1.24 bits per heavy atom. The van der Waals surface area contributed by atoms with Gasteiger partial charge in [0.25, 0.3) is 0 Å². The molecule has 0 saturated carbocycles. The molecule has 2 heteroatoms. The van der Waals surface area contributed by atoms with Crippen LogP contribution in [0.2, 0.25) is 0 Å². The average Bonchev–Trinajstić information content (AvgIpc) is 2.74. The molecule has 2 aliphatic rings. The summed E-state index contributed by atoms with van der Waals surface area (Å²) >= 11 is 0. The molecular weight excluding hydrogens is 210 g/mol. The molecular formula is C15H19NO. The molecule has 0 aliphatic heterocycles. The van der Waals surface area contributed by atoms with Gasteiger partial charge in [-0.25, -0.2) is 0 Å². The van der Waals surface area contributed by atoms with Crippen molar-refractivity contribution in [2.75, 3.05) is 0 Å². The van der Waals surface area contributed by atoms with Crippen LogP contribution >= 0.6 is 0 Å². The average molecular weight is 229 g/mol. The standard InChI is InChI=1S/C15H19NO/c16-14-10-9-13-12(14)7-4-8-15(13)17-11-5-2-1-3-6-11/h2,4-5,7-8,11,14H,1,3,6,9-10,16H2. The minimum absolute atomic E-state index is 0.204. The summed E-state index contributed by atoms with van der Waals surface area (Å²) in [4.78, 5) is 0. The van der Waals surface area contributed by atoms with Gasteiger partial charge in [0.15, 0.2) is 0 Å². The Kier molecular flexibility index (Phi) is 2.89. The van der Waals surface area contributed by atoms with Crippen LogP contribution in [-0.4, -0.2) is 6.10 Å². The third-order valence-corrected chi connectivity index (χ3v) is 3.76. The third kappa shape index (κ3) is 2.09. The van der Waals surface area contributed by atoms with Crippen LogP contribution in [-0.2, 0) is 6.42 Å². The fourth-order valence-electron chi connectivity index (χ4n) is 2.81. The number of allylic oxidation sites excluding steroid dienone is 1. The molecule has 1 aromatic carbocycles. The van der Waals surface area contributed by atoms with Crippen molar-refractivity contribution in [1.82, 2.24) is 0 Å². The molecule has 0 aromatic heterocycles. The monoisotopic (exact) mass is 229 g/mol. The van der Waals surface area contributed by atoms with E-state index in [2.05, 4.69) is 30.4 Å². The number of rotatable bonds is 2. The Hall–Kier alpha value is -1.28. The minimum atomic E-state index is 0.204. The van der Waals surface area contributed by atoms with Gasteiger partial charge in [0.1, 0.15) is 11.9 Å². The van der Waals surface area contributed by atoms with E-state index in [1.54, 1.807) is 0 Å². The number of nitrogens with two attached hydrogens (primary N) is 1. The van der Waals surface area contributed by atoms with Gasteiger partial charge in [0.05, 0.1) is 0 Å². The maximum Gasteiger partial charge on any atom is 0.123 e. The summed E-state index contributed by atoms with van der Waals surface area (Å²) in [5.41, 5.74) is 8.69. The first-order valence-electron chi connectivity index (χ1n) is 6.55. The lowest BCUT2D eigenvalue weighted by atomic mass is 10.0. The fraction of sp³-hybridized carbons (Fsp3) is 0.467. The van der Waals surface area contributed by atoms with Gasteiger partial charge in [-0.05, 0) is 55.4 Å². The van der Waals surface area contributed by atoms with E-state index in [0.717, 1.165) is 25.0 Å². The largest absolute Gasteiger partial charge is 0.486 e. The van der Waals surface area contributed by atoms with Gasteiger partial charge in [0, 0.05) is 6.04 Å². The quantitative estimate of drug-likeness (QED) is 0.791. The molecule has 2 atom stereocenters. The lowest BCUT2D eigenvalue weighted by Gasteiger charge is -2.20.